The van der Waals surface area contributed by atoms with Gasteiger partial charge in [0.2, 0.25) is 0 Å². The van der Waals surface area contributed by atoms with Crippen LogP contribution < -0.4 is 4.90 Å². The molecule has 0 amide bonds. The van der Waals surface area contributed by atoms with Crippen LogP contribution in [0.3, 0.4) is 0 Å². The quantitative estimate of drug-likeness (QED) is 0.367. The van der Waals surface area contributed by atoms with Crippen LogP contribution in [0.2, 0.25) is 10.0 Å². The molecule has 3 unspecified atom stereocenters. The molecule has 2 aliphatic heterocycles. The van der Waals surface area contributed by atoms with Gasteiger partial charge in [-0.3, -0.25) is 4.79 Å². The number of esters is 1. The van der Waals surface area contributed by atoms with E-state index in [2.05, 4.69) is 16.7 Å². The number of piperidine rings is 2. The molecule has 5 rings (SSSR count). The largest absolute Gasteiger partial charge is 0.469 e. The van der Waals surface area contributed by atoms with Gasteiger partial charge in [-0.2, -0.15) is 5.10 Å². The van der Waals surface area contributed by atoms with Crippen LogP contribution in [0, 0.1) is 24.7 Å². The van der Waals surface area contributed by atoms with E-state index < -0.39 is 0 Å². The number of carbonyl (C=O) groups is 1. The normalized spacial score (nSPS) is 22.7. The number of benzene rings is 1. The number of halogens is 2. The molecule has 0 bridgehead atoms. The van der Waals surface area contributed by atoms with E-state index in [0.717, 1.165) is 67.4 Å². The van der Waals surface area contributed by atoms with Crippen molar-refractivity contribution in [1.82, 2.24) is 24.6 Å². The van der Waals surface area contributed by atoms with E-state index in [0.29, 0.717) is 40.8 Å². The zero-order chi connectivity index (χ0) is 26.8. The fourth-order valence-electron chi connectivity index (χ4n) is 6.22. The lowest BCUT2D eigenvalue weighted by molar-refractivity contribution is -0.141. The molecule has 0 N–H and O–H groups in total. The highest BCUT2D eigenvalue weighted by Gasteiger charge is 2.35. The average molecular weight is 560 g/mol. The van der Waals surface area contributed by atoms with Gasteiger partial charge in [0, 0.05) is 36.2 Å². The second kappa shape index (κ2) is 11.8. The summed E-state index contributed by atoms with van der Waals surface area (Å²) in [5.41, 5.74) is 3.38. The van der Waals surface area contributed by atoms with Crippen molar-refractivity contribution in [3.05, 3.63) is 45.7 Å². The summed E-state index contributed by atoms with van der Waals surface area (Å²) in [6.07, 6.45) is 5.95. The molecular weight excluding hydrogens is 523 g/mol. The lowest BCUT2D eigenvalue weighted by atomic mass is 9.74. The summed E-state index contributed by atoms with van der Waals surface area (Å²) in [6, 6.07) is 5.53. The molecule has 3 aromatic rings. The van der Waals surface area contributed by atoms with E-state index in [4.69, 9.17) is 43.0 Å². The number of rotatable bonds is 7. The molecule has 0 saturated carbocycles. The van der Waals surface area contributed by atoms with Crippen LogP contribution in [-0.4, -0.2) is 70.5 Å². The van der Waals surface area contributed by atoms with Crippen molar-refractivity contribution in [3.8, 4) is 0 Å². The van der Waals surface area contributed by atoms with Crippen molar-refractivity contribution >= 4 is 46.2 Å². The summed E-state index contributed by atoms with van der Waals surface area (Å²) in [4.78, 5) is 26.2. The first-order chi connectivity index (χ1) is 18.3. The Morgan fingerprint density at radius 1 is 1.18 bits per heavy atom. The minimum absolute atomic E-state index is 0.125. The number of methoxy groups -OCH3 is 1. The molecule has 10 heteroatoms. The molecule has 3 atom stereocenters. The van der Waals surface area contributed by atoms with Crippen LogP contribution >= 0.6 is 23.2 Å². The van der Waals surface area contributed by atoms with Crippen LogP contribution in [-0.2, 0) is 16.1 Å². The van der Waals surface area contributed by atoms with Gasteiger partial charge in [-0.25, -0.2) is 14.6 Å². The van der Waals surface area contributed by atoms with Crippen molar-refractivity contribution in [2.45, 2.75) is 46.1 Å². The number of hydrogen-bond acceptors (Lipinski definition) is 7. The van der Waals surface area contributed by atoms with Crippen molar-refractivity contribution < 1.29 is 9.53 Å². The molecule has 4 heterocycles. The van der Waals surface area contributed by atoms with Crippen molar-refractivity contribution in [2.24, 2.45) is 17.8 Å². The highest BCUT2D eigenvalue weighted by Crippen LogP contribution is 2.36. The highest BCUT2D eigenvalue weighted by molar-refractivity contribution is 6.35. The van der Waals surface area contributed by atoms with E-state index in [-0.39, 0.29) is 5.97 Å². The Hall–Kier alpha value is -2.42. The summed E-state index contributed by atoms with van der Waals surface area (Å²) in [5, 5.41) is 5.94. The Kier molecular flexibility index (Phi) is 8.41. The molecule has 2 aliphatic rings. The molecule has 0 aliphatic carbocycles. The van der Waals surface area contributed by atoms with Gasteiger partial charge in [0.15, 0.2) is 5.65 Å². The fraction of sp³-hybridized carbons (Fsp3) is 0.571. The lowest BCUT2D eigenvalue weighted by Crippen LogP contribution is -2.47. The number of fused-ring (bicyclic) bond motifs is 1. The topological polar surface area (TPSA) is 76.4 Å². The summed E-state index contributed by atoms with van der Waals surface area (Å²) < 4.78 is 6.72. The Morgan fingerprint density at radius 3 is 2.79 bits per heavy atom. The van der Waals surface area contributed by atoms with E-state index >= 15 is 0 Å². The molecule has 8 nitrogen and oxygen atoms in total. The lowest BCUT2D eigenvalue weighted by Gasteiger charge is -2.44. The smallest absolute Gasteiger partial charge is 0.306 e. The standard InChI is InChI=1S/C28H36Cl2N6O2/c1-18-15-35(12-8-23(18)20-5-4-10-34(16-20)11-9-26(37)38-3)25-14-31-27-19(2)33-36(28(27)32-25)17-21-6-7-22(29)13-24(21)30/h6-7,13-14,18,20,23H,4-5,8-12,15-17H2,1-3H3. The number of nitrogens with zero attached hydrogens (tertiary/aromatic N) is 6. The van der Waals surface area contributed by atoms with Gasteiger partial charge in [-0.15, -0.1) is 0 Å². The van der Waals surface area contributed by atoms with Crippen LogP contribution in [0.25, 0.3) is 11.2 Å². The van der Waals surface area contributed by atoms with Crippen LogP contribution in [0.5, 0.6) is 0 Å². The average Bonchev–Trinajstić information content (AvgIpc) is 3.23. The van der Waals surface area contributed by atoms with Gasteiger partial charge >= 0.3 is 5.97 Å². The van der Waals surface area contributed by atoms with Gasteiger partial charge in [-0.1, -0.05) is 36.2 Å². The predicted octanol–water partition coefficient (Wildman–Crippen LogP) is 5.23. The number of carbonyl (C=O) groups excluding carboxylic acids is 1. The van der Waals surface area contributed by atoms with Crippen LogP contribution in [0.1, 0.15) is 43.9 Å². The number of aromatic nitrogens is 4. The number of hydrogen-bond donors (Lipinski definition) is 0. The van der Waals surface area contributed by atoms with Crippen molar-refractivity contribution in [1.29, 1.82) is 0 Å². The zero-order valence-electron chi connectivity index (χ0n) is 22.4. The predicted molar refractivity (Wildman–Crippen MR) is 151 cm³/mol. The molecule has 2 aromatic heterocycles. The van der Waals surface area contributed by atoms with Gasteiger partial charge < -0.3 is 14.5 Å². The first-order valence-electron chi connectivity index (χ1n) is 13.5. The maximum absolute atomic E-state index is 11.6. The summed E-state index contributed by atoms with van der Waals surface area (Å²) >= 11 is 12.5. The first-order valence-corrected chi connectivity index (χ1v) is 14.3. The Balaban J connectivity index is 1.27. The van der Waals surface area contributed by atoms with Gasteiger partial charge in [0.25, 0.3) is 0 Å². The maximum atomic E-state index is 11.6. The minimum atomic E-state index is -0.125. The highest BCUT2D eigenvalue weighted by atomic mass is 35.5. The second-order valence-electron chi connectivity index (χ2n) is 10.8. The van der Waals surface area contributed by atoms with Crippen LogP contribution in [0.4, 0.5) is 5.82 Å². The molecule has 1 aromatic carbocycles. The maximum Gasteiger partial charge on any atom is 0.306 e. The van der Waals surface area contributed by atoms with E-state index in [1.165, 1.54) is 20.0 Å². The van der Waals surface area contributed by atoms with Crippen molar-refractivity contribution in [2.75, 3.05) is 44.7 Å². The Morgan fingerprint density at radius 2 is 2.03 bits per heavy atom. The molecule has 0 spiro atoms. The number of ether oxygens (including phenoxy) is 1. The Labute approximate surface area is 234 Å². The SMILES string of the molecule is COC(=O)CCN1CCCC(C2CCN(c3cnc4c(C)nn(Cc5ccc(Cl)cc5Cl)c4n3)CC2C)C1. The monoisotopic (exact) mass is 558 g/mol. The molecule has 2 saturated heterocycles. The fourth-order valence-corrected chi connectivity index (χ4v) is 6.69. The van der Waals surface area contributed by atoms with Gasteiger partial charge in [-0.05, 0) is 68.2 Å². The Bertz CT molecular complexity index is 1300. The van der Waals surface area contributed by atoms with E-state index in [1.54, 1.807) is 6.07 Å². The molecule has 204 valence electrons. The van der Waals surface area contributed by atoms with Gasteiger partial charge in [0.05, 0.1) is 32.0 Å². The van der Waals surface area contributed by atoms with E-state index in [1.807, 2.05) is 29.9 Å². The van der Waals surface area contributed by atoms with Crippen LogP contribution in [0.15, 0.2) is 24.4 Å². The summed E-state index contributed by atoms with van der Waals surface area (Å²) in [7, 11) is 1.46. The van der Waals surface area contributed by atoms with Gasteiger partial charge in [0.1, 0.15) is 11.3 Å². The minimum Gasteiger partial charge on any atom is -0.469 e. The summed E-state index contributed by atoms with van der Waals surface area (Å²) in [5.74, 6) is 2.66. The third-order valence-corrected chi connectivity index (χ3v) is 8.82. The molecule has 0 radical (unpaired) electrons. The molecule has 2 fully saturated rings. The third-order valence-electron chi connectivity index (χ3n) is 8.24. The molecular formula is C28H36Cl2N6O2. The first kappa shape index (κ1) is 27.2. The third kappa shape index (κ3) is 5.92. The number of aryl methyl sites for hydroxylation is 1. The molecule has 38 heavy (non-hydrogen) atoms. The zero-order valence-corrected chi connectivity index (χ0v) is 23.9. The van der Waals surface area contributed by atoms with E-state index in [9.17, 15) is 4.79 Å². The second-order valence-corrected chi connectivity index (χ2v) is 11.6. The number of likely N-dealkylation sites (tertiary alicyclic amines) is 1. The van der Waals surface area contributed by atoms with Crippen molar-refractivity contribution in [3.63, 3.8) is 0 Å². The number of anilines is 1. The summed E-state index contributed by atoms with van der Waals surface area (Å²) in [6.45, 7) is 9.69.